The summed E-state index contributed by atoms with van der Waals surface area (Å²) in [6.07, 6.45) is 1.73. The van der Waals surface area contributed by atoms with Crippen molar-refractivity contribution in [3.63, 3.8) is 0 Å². The number of rotatable bonds is 4. The highest BCUT2D eigenvalue weighted by Gasteiger charge is 2.32. The van der Waals surface area contributed by atoms with Crippen LogP contribution in [0.15, 0.2) is 40.5 Å². The SMILES string of the molecule is O=C([C@H]1CCCN(c2nc3ccsc3c(=O)s2)C1)N1CCN(c2ccc([N+](=O)[O-])cc2)CC1. The Balaban J connectivity index is 1.21. The molecule has 0 spiro atoms. The molecule has 33 heavy (non-hydrogen) atoms. The van der Waals surface area contributed by atoms with Crippen molar-refractivity contribution in [3.8, 4) is 0 Å². The second-order valence-electron chi connectivity index (χ2n) is 8.29. The van der Waals surface area contributed by atoms with Gasteiger partial charge < -0.3 is 14.7 Å². The van der Waals surface area contributed by atoms with Crippen molar-refractivity contribution in [2.24, 2.45) is 5.92 Å². The van der Waals surface area contributed by atoms with Gasteiger partial charge in [0, 0.05) is 57.1 Å². The number of carbonyl (C=O) groups is 1. The molecule has 2 saturated heterocycles. The van der Waals surface area contributed by atoms with Crippen LogP contribution in [0.2, 0.25) is 0 Å². The number of carbonyl (C=O) groups excluding carboxylic acids is 1. The fraction of sp³-hybridized carbons (Fsp3) is 0.409. The minimum atomic E-state index is -0.402. The molecule has 0 N–H and O–H groups in total. The van der Waals surface area contributed by atoms with Crippen LogP contribution in [0.3, 0.4) is 0 Å². The number of nitrogens with zero attached hydrogens (tertiary/aromatic N) is 5. The van der Waals surface area contributed by atoms with Crippen molar-refractivity contribution in [2.45, 2.75) is 12.8 Å². The maximum absolute atomic E-state index is 13.3. The first-order chi connectivity index (χ1) is 16.0. The number of anilines is 2. The van der Waals surface area contributed by atoms with E-state index in [0.29, 0.717) is 42.6 Å². The Morgan fingerprint density at radius 2 is 1.82 bits per heavy atom. The van der Waals surface area contributed by atoms with Crippen LogP contribution in [0.1, 0.15) is 12.8 Å². The van der Waals surface area contributed by atoms with E-state index in [-0.39, 0.29) is 22.3 Å². The van der Waals surface area contributed by atoms with Crippen LogP contribution in [0, 0.1) is 16.0 Å². The lowest BCUT2D eigenvalue weighted by atomic mass is 9.96. The minimum absolute atomic E-state index is 0.0285. The lowest BCUT2D eigenvalue weighted by Crippen LogP contribution is -2.52. The normalized spacial score (nSPS) is 19.2. The topological polar surface area (TPSA) is 99.9 Å². The number of aromatic nitrogens is 1. The second kappa shape index (κ2) is 9.06. The van der Waals surface area contributed by atoms with Gasteiger partial charge in [-0.15, -0.1) is 11.3 Å². The molecular formula is C22H23N5O4S2. The zero-order chi connectivity index (χ0) is 22.9. The Kier molecular flexibility index (Phi) is 5.98. The van der Waals surface area contributed by atoms with Gasteiger partial charge in [0.1, 0.15) is 4.70 Å². The predicted octanol–water partition coefficient (Wildman–Crippen LogP) is 3.19. The van der Waals surface area contributed by atoms with E-state index in [1.165, 1.54) is 23.5 Å². The number of benzene rings is 1. The number of amides is 1. The van der Waals surface area contributed by atoms with Crippen LogP contribution in [0.5, 0.6) is 0 Å². The number of hydrogen-bond donors (Lipinski definition) is 0. The maximum atomic E-state index is 13.3. The summed E-state index contributed by atoms with van der Waals surface area (Å²) >= 11 is 2.58. The molecule has 3 aromatic rings. The van der Waals surface area contributed by atoms with E-state index in [2.05, 4.69) is 14.8 Å². The first kappa shape index (κ1) is 21.8. The van der Waals surface area contributed by atoms with Crippen molar-refractivity contribution in [2.75, 3.05) is 49.1 Å². The Labute approximate surface area is 198 Å². The molecule has 2 aliphatic heterocycles. The van der Waals surface area contributed by atoms with Gasteiger partial charge in [-0.1, -0.05) is 11.3 Å². The van der Waals surface area contributed by atoms with E-state index in [1.54, 1.807) is 12.1 Å². The Bertz CT molecular complexity index is 1230. The summed E-state index contributed by atoms with van der Waals surface area (Å²) in [4.78, 5) is 47.0. The van der Waals surface area contributed by atoms with Crippen LogP contribution >= 0.6 is 22.7 Å². The summed E-state index contributed by atoms with van der Waals surface area (Å²) in [5, 5.41) is 13.4. The minimum Gasteiger partial charge on any atom is -0.368 e. The van der Waals surface area contributed by atoms with Gasteiger partial charge >= 0.3 is 0 Å². The molecule has 9 nitrogen and oxygen atoms in total. The van der Waals surface area contributed by atoms with Crippen LogP contribution < -0.4 is 14.5 Å². The average Bonchev–Trinajstić information content (AvgIpc) is 3.33. The number of piperazine rings is 1. The van der Waals surface area contributed by atoms with E-state index in [9.17, 15) is 19.7 Å². The Morgan fingerprint density at radius 3 is 2.55 bits per heavy atom. The van der Waals surface area contributed by atoms with E-state index in [1.807, 2.05) is 16.3 Å². The fourth-order valence-corrected chi connectivity index (χ4v) is 6.25. The summed E-state index contributed by atoms with van der Waals surface area (Å²) in [6, 6.07) is 8.42. The molecule has 5 rings (SSSR count). The molecule has 4 heterocycles. The third-order valence-electron chi connectivity index (χ3n) is 6.29. The molecule has 2 fully saturated rings. The van der Waals surface area contributed by atoms with Gasteiger partial charge in [-0.2, -0.15) is 0 Å². The Hall–Kier alpha value is -3.05. The lowest BCUT2D eigenvalue weighted by molar-refractivity contribution is -0.384. The van der Waals surface area contributed by atoms with E-state index in [0.717, 1.165) is 41.9 Å². The highest BCUT2D eigenvalue weighted by Crippen LogP contribution is 2.28. The highest BCUT2D eigenvalue weighted by molar-refractivity contribution is 7.21. The summed E-state index contributed by atoms with van der Waals surface area (Å²) in [6.45, 7) is 4.02. The summed E-state index contributed by atoms with van der Waals surface area (Å²) in [5.74, 6) is 0.0546. The first-order valence-corrected chi connectivity index (χ1v) is 12.6. The van der Waals surface area contributed by atoms with Gasteiger partial charge in [0.25, 0.3) is 10.4 Å². The fourth-order valence-electron chi connectivity index (χ4n) is 4.51. The van der Waals surface area contributed by atoms with Gasteiger partial charge in [-0.05, 0) is 36.4 Å². The molecule has 172 valence electrons. The summed E-state index contributed by atoms with van der Waals surface area (Å²) in [7, 11) is 0. The third-order valence-corrected chi connectivity index (χ3v) is 8.24. The second-order valence-corrected chi connectivity index (χ2v) is 10.1. The number of fused-ring (bicyclic) bond motifs is 1. The molecule has 0 unspecified atom stereocenters. The average molecular weight is 486 g/mol. The van der Waals surface area contributed by atoms with Crippen LogP contribution in [-0.2, 0) is 4.79 Å². The van der Waals surface area contributed by atoms with Crippen LogP contribution in [0.4, 0.5) is 16.5 Å². The number of nitro groups is 1. The lowest BCUT2D eigenvalue weighted by Gasteiger charge is -2.39. The molecule has 2 aromatic heterocycles. The monoisotopic (exact) mass is 485 g/mol. The maximum Gasteiger partial charge on any atom is 0.269 e. The Morgan fingerprint density at radius 1 is 1.06 bits per heavy atom. The largest absolute Gasteiger partial charge is 0.368 e. The van der Waals surface area contributed by atoms with E-state index in [4.69, 9.17) is 0 Å². The smallest absolute Gasteiger partial charge is 0.269 e. The molecule has 2 aliphatic rings. The number of nitro benzene ring substituents is 1. The molecule has 1 amide bonds. The number of hydrogen-bond acceptors (Lipinski definition) is 9. The molecule has 0 aliphatic carbocycles. The van der Waals surface area contributed by atoms with Crippen molar-refractivity contribution in [1.82, 2.24) is 9.88 Å². The molecule has 0 bridgehead atoms. The summed E-state index contributed by atoms with van der Waals surface area (Å²) in [5.41, 5.74) is 1.74. The molecule has 0 saturated carbocycles. The number of non-ortho nitro benzene ring substituents is 1. The highest BCUT2D eigenvalue weighted by atomic mass is 32.1. The quantitative estimate of drug-likeness (QED) is 0.413. The van der Waals surface area contributed by atoms with Crippen molar-refractivity contribution < 1.29 is 9.72 Å². The molecule has 11 heteroatoms. The predicted molar refractivity (Wildman–Crippen MR) is 131 cm³/mol. The standard InChI is InChI=1S/C22H23N5O4S2/c28-20(25-11-9-24(10-12-25)16-3-5-17(6-4-16)27(30)31)15-2-1-8-26(14-15)22-23-18-7-13-32-19(18)21(29)33-22/h3-7,13,15H,1-2,8-12,14H2/t15-/m0/s1. The number of thiophene rings is 1. The summed E-state index contributed by atoms with van der Waals surface area (Å²) < 4.78 is 0.722. The van der Waals surface area contributed by atoms with Crippen LogP contribution in [-0.4, -0.2) is 60.0 Å². The van der Waals surface area contributed by atoms with Gasteiger partial charge in [0.2, 0.25) is 5.91 Å². The van der Waals surface area contributed by atoms with Gasteiger partial charge in [0.15, 0.2) is 5.13 Å². The zero-order valence-corrected chi connectivity index (χ0v) is 19.5. The van der Waals surface area contributed by atoms with E-state index < -0.39 is 4.92 Å². The first-order valence-electron chi connectivity index (χ1n) is 10.9. The van der Waals surface area contributed by atoms with Crippen molar-refractivity contribution in [3.05, 3.63) is 55.4 Å². The molecular weight excluding hydrogens is 462 g/mol. The molecule has 1 aromatic carbocycles. The van der Waals surface area contributed by atoms with E-state index >= 15 is 0 Å². The van der Waals surface area contributed by atoms with Crippen molar-refractivity contribution in [1.29, 1.82) is 0 Å². The third kappa shape index (κ3) is 4.42. The van der Waals surface area contributed by atoms with Gasteiger partial charge in [0.05, 0.1) is 16.4 Å². The van der Waals surface area contributed by atoms with Crippen molar-refractivity contribution >= 4 is 55.3 Å². The van der Waals surface area contributed by atoms with Crippen LogP contribution in [0.25, 0.3) is 10.2 Å². The molecule has 0 radical (unpaired) electrons. The number of piperidine rings is 1. The van der Waals surface area contributed by atoms with Gasteiger partial charge in [-0.25, -0.2) is 4.98 Å². The van der Waals surface area contributed by atoms with Gasteiger partial charge in [-0.3, -0.25) is 19.7 Å². The molecule has 1 atom stereocenters. The zero-order valence-electron chi connectivity index (χ0n) is 17.9.